The number of nitrogen functional groups attached to an aromatic ring is 1. The molecule has 0 bridgehead atoms. The minimum atomic E-state index is -0.291. The lowest BCUT2D eigenvalue weighted by Gasteiger charge is -2.13. The Hall–Kier alpha value is -2.56. The molecule has 1 aromatic heterocycles. The lowest BCUT2D eigenvalue weighted by Crippen LogP contribution is -2.03. The molecule has 1 heterocycles. The molecular formula is C16H16FN3O. The van der Waals surface area contributed by atoms with Gasteiger partial charge in [0, 0.05) is 11.6 Å². The first-order valence-electron chi connectivity index (χ1n) is 6.73. The molecule has 0 atom stereocenters. The van der Waals surface area contributed by atoms with Crippen LogP contribution in [0.1, 0.15) is 19.9 Å². The van der Waals surface area contributed by atoms with Gasteiger partial charge in [-0.25, -0.2) is 9.37 Å². The number of aromatic hydroxyl groups is 1. The third kappa shape index (κ3) is 2.20. The molecule has 3 rings (SSSR count). The van der Waals surface area contributed by atoms with Crippen LogP contribution in [0, 0.1) is 5.82 Å². The third-order valence-corrected chi connectivity index (χ3v) is 3.45. The van der Waals surface area contributed by atoms with Gasteiger partial charge in [0.15, 0.2) is 0 Å². The summed E-state index contributed by atoms with van der Waals surface area (Å²) in [6.45, 7) is 4.03. The average molecular weight is 285 g/mol. The van der Waals surface area contributed by atoms with E-state index in [2.05, 4.69) is 4.98 Å². The third-order valence-electron chi connectivity index (χ3n) is 3.45. The first-order chi connectivity index (χ1) is 9.97. The first-order valence-corrected chi connectivity index (χ1v) is 6.73. The number of fused-ring (bicyclic) bond motifs is 1. The van der Waals surface area contributed by atoms with Gasteiger partial charge in [-0.2, -0.15) is 0 Å². The Kier molecular flexibility index (Phi) is 3.05. The Morgan fingerprint density at radius 1 is 1.19 bits per heavy atom. The van der Waals surface area contributed by atoms with E-state index < -0.39 is 0 Å². The molecule has 0 aliphatic carbocycles. The van der Waals surface area contributed by atoms with Crippen LogP contribution in [0.5, 0.6) is 5.75 Å². The van der Waals surface area contributed by atoms with Gasteiger partial charge in [-0.05, 0) is 50.2 Å². The molecule has 0 fully saturated rings. The zero-order valence-electron chi connectivity index (χ0n) is 11.8. The zero-order valence-corrected chi connectivity index (χ0v) is 11.8. The van der Waals surface area contributed by atoms with E-state index in [0.29, 0.717) is 11.5 Å². The highest BCUT2D eigenvalue weighted by Crippen LogP contribution is 2.32. The number of anilines is 1. The molecule has 0 unspecified atom stereocenters. The number of rotatable bonds is 2. The predicted molar refractivity (Wildman–Crippen MR) is 81.6 cm³/mol. The standard InChI is InChI=1S/C16H16FN3O/c1-9(2)20-14-8-11(17)4-5-13(14)19-16(20)10-3-6-15(21)12(18)7-10/h3-9,21H,18H2,1-2H3. The van der Waals surface area contributed by atoms with E-state index in [1.807, 2.05) is 18.4 Å². The number of phenolic OH excluding ortho intramolecular Hbond substituents is 1. The number of halogens is 1. The van der Waals surface area contributed by atoms with Crippen LogP contribution in [-0.2, 0) is 0 Å². The van der Waals surface area contributed by atoms with Gasteiger partial charge in [0.2, 0.25) is 0 Å². The van der Waals surface area contributed by atoms with Gasteiger partial charge in [-0.15, -0.1) is 0 Å². The Morgan fingerprint density at radius 2 is 1.95 bits per heavy atom. The maximum absolute atomic E-state index is 13.5. The van der Waals surface area contributed by atoms with Crippen molar-refractivity contribution in [2.24, 2.45) is 0 Å². The predicted octanol–water partition coefficient (Wildman–Crippen LogP) is 3.71. The quantitative estimate of drug-likeness (QED) is 0.557. The van der Waals surface area contributed by atoms with Crippen LogP contribution < -0.4 is 5.73 Å². The van der Waals surface area contributed by atoms with Crippen molar-refractivity contribution in [1.29, 1.82) is 0 Å². The Bertz CT molecular complexity index is 824. The van der Waals surface area contributed by atoms with Crippen molar-refractivity contribution in [3.05, 3.63) is 42.2 Å². The molecule has 0 radical (unpaired) electrons. The van der Waals surface area contributed by atoms with Gasteiger partial charge in [-0.1, -0.05) is 0 Å². The van der Waals surface area contributed by atoms with Crippen LogP contribution in [-0.4, -0.2) is 14.7 Å². The van der Waals surface area contributed by atoms with Crippen molar-refractivity contribution in [3.8, 4) is 17.1 Å². The minimum absolute atomic E-state index is 0.0389. The number of phenols is 1. The van der Waals surface area contributed by atoms with Gasteiger partial charge in [-0.3, -0.25) is 0 Å². The molecule has 0 aliphatic rings. The molecule has 21 heavy (non-hydrogen) atoms. The molecule has 2 aromatic carbocycles. The van der Waals surface area contributed by atoms with Crippen LogP contribution in [0.3, 0.4) is 0 Å². The zero-order chi connectivity index (χ0) is 15.1. The molecule has 0 amide bonds. The Balaban J connectivity index is 2.30. The molecule has 0 saturated heterocycles. The number of aromatic nitrogens is 2. The van der Waals surface area contributed by atoms with Gasteiger partial charge in [0.25, 0.3) is 0 Å². The molecule has 108 valence electrons. The maximum atomic E-state index is 13.5. The second-order valence-corrected chi connectivity index (χ2v) is 5.31. The molecule has 4 nitrogen and oxygen atoms in total. The second-order valence-electron chi connectivity index (χ2n) is 5.31. The van der Waals surface area contributed by atoms with E-state index in [0.717, 1.165) is 16.6 Å². The molecule has 0 spiro atoms. The van der Waals surface area contributed by atoms with Gasteiger partial charge in [0.05, 0.1) is 16.7 Å². The van der Waals surface area contributed by atoms with Crippen LogP contribution in [0.2, 0.25) is 0 Å². The van der Waals surface area contributed by atoms with Crippen molar-refractivity contribution in [2.75, 3.05) is 5.73 Å². The van der Waals surface area contributed by atoms with E-state index in [1.54, 1.807) is 18.2 Å². The molecule has 3 aromatic rings. The Morgan fingerprint density at radius 3 is 2.62 bits per heavy atom. The minimum Gasteiger partial charge on any atom is -0.506 e. The number of nitrogens with two attached hydrogens (primary N) is 1. The van der Waals surface area contributed by atoms with Crippen molar-refractivity contribution in [1.82, 2.24) is 9.55 Å². The summed E-state index contributed by atoms with van der Waals surface area (Å²) in [6, 6.07) is 9.62. The molecule has 3 N–H and O–H groups in total. The van der Waals surface area contributed by atoms with Crippen molar-refractivity contribution in [3.63, 3.8) is 0 Å². The summed E-state index contributed by atoms with van der Waals surface area (Å²) in [6.07, 6.45) is 0. The van der Waals surface area contributed by atoms with E-state index in [-0.39, 0.29) is 17.6 Å². The topological polar surface area (TPSA) is 64.1 Å². The number of imidazole rings is 1. The summed E-state index contributed by atoms with van der Waals surface area (Å²) >= 11 is 0. The summed E-state index contributed by atoms with van der Waals surface area (Å²) in [5, 5.41) is 9.54. The molecule has 0 saturated carbocycles. The number of nitrogens with zero attached hydrogens (tertiary/aromatic N) is 2. The average Bonchev–Trinajstić information content (AvgIpc) is 2.80. The Labute approximate surface area is 121 Å². The van der Waals surface area contributed by atoms with Crippen LogP contribution in [0.25, 0.3) is 22.4 Å². The van der Waals surface area contributed by atoms with Crippen molar-refractivity contribution in [2.45, 2.75) is 19.9 Å². The molecule has 0 aliphatic heterocycles. The van der Waals surface area contributed by atoms with Crippen molar-refractivity contribution >= 4 is 16.7 Å². The van der Waals surface area contributed by atoms with Crippen LogP contribution in [0.15, 0.2) is 36.4 Å². The normalized spacial score (nSPS) is 11.4. The number of hydrogen-bond donors (Lipinski definition) is 2. The molecular weight excluding hydrogens is 269 g/mol. The van der Waals surface area contributed by atoms with Gasteiger partial charge < -0.3 is 15.4 Å². The van der Waals surface area contributed by atoms with Gasteiger partial charge >= 0.3 is 0 Å². The summed E-state index contributed by atoms with van der Waals surface area (Å²) in [5.41, 5.74) is 8.31. The summed E-state index contributed by atoms with van der Waals surface area (Å²) in [7, 11) is 0. The van der Waals surface area contributed by atoms with E-state index in [1.165, 1.54) is 18.2 Å². The fourth-order valence-electron chi connectivity index (χ4n) is 2.49. The largest absolute Gasteiger partial charge is 0.506 e. The second kappa shape index (κ2) is 4.77. The van der Waals surface area contributed by atoms with Crippen LogP contribution >= 0.6 is 0 Å². The fraction of sp³-hybridized carbons (Fsp3) is 0.188. The van der Waals surface area contributed by atoms with Crippen LogP contribution in [0.4, 0.5) is 10.1 Å². The summed E-state index contributed by atoms with van der Waals surface area (Å²) in [5.74, 6) is 0.454. The lowest BCUT2D eigenvalue weighted by molar-refractivity contribution is 0.478. The van der Waals surface area contributed by atoms with E-state index in [9.17, 15) is 9.50 Å². The summed E-state index contributed by atoms with van der Waals surface area (Å²) < 4.78 is 15.5. The number of hydrogen-bond acceptors (Lipinski definition) is 3. The van der Waals surface area contributed by atoms with E-state index >= 15 is 0 Å². The highest BCUT2D eigenvalue weighted by Gasteiger charge is 2.16. The monoisotopic (exact) mass is 285 g/mol. The van der Waals surface area contributed by atoms with Crippen molar-refractivity contribution < 1.29 is 9.50 Å². The van der Waals surface area contributed by atoms with Gasteiger partial charge in [0.1, 0.15) is 17.4 Å². The lowest BCUT2D eigenvalue weighted by atomic mass is 10.1. The molecule has 5 heteroatoms. The SMILES string of the molecule is CC(C)n1c(-c2ccc(O)c(N)c2)nc2ccc(F)cc21. The maximum Gasteiger partial charge on any atom is 0.141 e. The highest BCUT2D eigenvalue weighted by molar-refractivity contribution is 5.81. The smallest absolute Gasteiger partial charge is 0.141 e. The fourth-order valence-corrected chi connectivity index (χ4v) is 2.49. The highest BCUT2D eigenvalue weighted by atomic mass is 19.1. The number of benzene rings is 2. The summed E-state index contributed by atoms with van der Waals surface area (Å²) in [4.78, 5) is 4.58. The van der Waals surface area contributed by atoms with E-state index in [4.69, 9.17) is 5.73 Å². The first kappa shape index (κ1) is 13.4.